The van der Waals surface area contributed by atoms with Crippen LogP contribution in [0, 0.1) is 6.92 Å². The van der Waals surface area contributed by atoms with Gasteiger partial charge < -0.3 is 4.74 Å². The minimum absolute atomic E-state index is 0.167. The summed E-state index contributed by atoms with van der Waals surface area (Å²) in [5.41, 5.74) is 2.00. The fourth-order valence-electron chi connectivity index (χ4n) is 2.68. The average molecular weight is 375 g/mol. The first-order valence-corrected chi connectivity index (χ1v) is 9.62. The summed E-state index contributed by atoms with van der Waals surface area (Å²) >= 11 is 0. The van der Waals surface area contributed by atoms with Crippen LogP contribution >= 0.6 is 0 Å². The molecule has 3 aromatic rings. The second kappa shape index (κ2) is 7.20. The highest BCUT2D eigenvalue weighted by atomic mass is 32.2. The number of sulfonamides is 1. The van der Waals surface area contributed by atoms with E-state index in [0.717, 1.165) is 11.3 Å². The minimum atomic E-state index is -3.71. The number of ether oxygens (including phenoxy) is 1. The molecule has 0 radical (unpaired) electrons. The zero-order chi connectivity index (χ0) is 18.7. The lowest BCUT2D eigenvalue weighted by Crippen LogP contribution is -2.13. The van der Waals surface area contributed by atoms with Gasteiger partial charge in [-0.1, -0.05) is 12.1 Å². The van der Waals surface area contributed by atoms with E-state index in [1.54, 1.807) is 29.6 Å². The topological polar surface area (TPSA) is 91.0 Å². The zero-order valence-corrected chi connectivity index (χ0v) is 15.7. The number of aromatic nitrogens is 4. The molecule has 0 saturated heterocycles. The number of nitrogens with one attached hydrogen (secondary N) is 1. The van der Waals surface area contributed by atoms with Gasteiger partial charge in [-0.3, -0.25) is 14.1 Å². The van der Waals surface area contributed by atoms with Crippen molar-refractivity contribution in [2.24, 2.45) is 0 Å². The lowest BCUT2D eigenvalue weighted by Gasteiger charge is -2.06. The SMILES string of the molecule is CCn1ncc(S(=O)(=O)Nc2cnn(Cc3cccc(OC)c3)c2)c1C. The molecule has 1 N–H and O–H groups in total. The second-order valence-corrected chi connectivity index (χ2v) is 7.44. The van der Waals surface area contributed by atoms with E-state index in [0.29, 0.717) is 24.5 Å². The maximum Gasteiger partial charge on any atom is 0.265 e. The normalized spacial score (nSPS) is 11.5. The Labute approximate surface area is 152 Å². The van der Waals surface area contributed by atoms with E-state index in [4.69, 9.17) is 4.74 Å². The molecule has 8 nitrogen and oxygen atoms in total. The maximum atomic E-state index is 12.6. The largest absolute Gasteiger partial charge is 0.497 e. The van der Waals surface area contributed by atoms with Gasteiger partial charge in [-0.15, -0.1) is 0 Å². The molecule has 0 bridgehead atoms. The minimum Gasteiger partial charge on any atom is -0.497 e. The van der Waals surface area contributed by atoms with E-state index in [1.807, 2.05) is 31.2 Å². The number of hydrogen-bond donors (Lipinski definition) is 1. The molecular formula is C17H21N5O3S. The summed E-state index contributed by atoms with van der Waals surface area (Å²) in [5.74, 6) is 0.763. The lowest BCUT2D eigenvalue weighted by atomic mass is 10.2. The molecule has 0 spiro atoms. The van der Waals surface area contributed by atoms with Crippen LogP contribution in [0.4, 0.5) is 5.69 Å². The summed E-state index contributed by atoms with van der Waals surface area (Å²) in [7, 11) is -2.10. The van der Waals surface area contributed by atoms with Gasteiger partial charge in [0, 0.05) is 12.7 Å². The molecular weight excluding hydrogens is 354 g/mol. The average Bonchev–Trinajstić information content (AvgIpc) is 3.21. The summed E-state index contributed by atoms with van der Waals surface area (Å²) in [6.07, 6.45) is 4.50. The maximum absolute atomic E-state index is 12.6. The molecule has 0 aliphatic rings. The summed E-state index contributed by atoms with van der Waals surface area (Å²) < 4.78 is 36.2. The molecule has 0 saturated carbocycles. The van der Waals surface area contributed by atoms with Crippen molar-refractivity contribution in [3.63, 3.8) is 0 Å². The third-order valence-corrected chi connectivity index (χ3v) is 5.50. The van der Waals surface area contributed by atoms with Crippen LogP contribution in [0.1, 0.15) is 18.2 Å². The molecule has 1 aromatic carbocycles. The highest BCUT2D eigenvalue weighted by Gasteiger charge is 2.21. The molecule has 0 fully saturated rings. The van der Waals surface area contributed by atoms with E-state index < -0.39 is 10.0 Å². The number of aryl methyl sites for hydroxylation is 1. The summed E-state index contributed by atoms with van der Waals surface area (Å²) in [6, 6.07) is 7.63. The number of methoxy groups -OCH3 is 1. The van der Waals surface area contributed by atoms with Crippen molar-refractivity contribution in [1.29, 1.82) is 0 Å². The summed E-state index contributed by atoms with van der Waals surface area (Å²) in [5, 5.41) is 8.30. The third-order valence-electron chi connectivity index (χ3n) is 4.01. The highest BCUT2D eigenvalue weighted by molar-refractivity contribution is 7.92. The van der Waals surface area contributed by atoms with Gasteiger partial charge >= 0.3 is 0 Å². The van der Waals surface area contributed by atoms with Gasteiger partial charge in [-0.05, 0) is 31.5 Å². The van der Waals surface area contributed by atoms with Gasteiger partial charge in [-0.25, -0.2) is 8.42 Å². The smallest absolute Gasteiger partial charge is 0.265 e. The Hall–Kier alpha value is -2.81. The molecule has 9 heteroatoms. The zero-order valence-electron chi connectivity index (χ0n) is 14.9. The van der Waals surface area contributed by atoms with Crippen molar-refractivity contribution >= 4 is 15.7 Å². The fraction of sp³-hybridized carbons (Fsp3) is 0.294. The molecule has 0 aliphatic heterocycles. The number of rotatable bonds is 7. The molecule has 2 heterocycles. The predicted molar refractivity (Wildman–Crippen MR) is 97.8 cm³/mol. The standard InChI is InChI=1S/C17H21N5O3S/c1-4-22-13(2)17(10-19-22)26(23,24)20-15-9-18-21(12-15)11-14-6-5-7-16(8-14)25-3/h5-10,12,20H,4,11H2,1-3H3. The molecule has 0 aliphatic carbocycles. The van der Waals surface area contributed by atoms with Crippen molar-refractivity contribution in [2.45, 2.75) is 31.8 Å². The van der Waals surface area contributed by atoms with Crippen LogP contribution in [-0.4, -0.2) is 35.1 Å². The molecule has 0 atom stereocenters. The Morgan fingerprint density at radius 3 is 2.73 bits per heavy atom. The first kappa shape index (κ1) is 18.0. The van der Waals surface area contributed by atoms with Gasteiger partial charge in [0.1, 0.15) is 10.6 Å². The van der Waals surface area contributed by atoms with E-state index in [2.05, 4.69) is 14.9 Å². The number of anilines is 1. The van der Waals surface area contributed by atoms with Crippen LogP contribution in [0.15, 0.2) is 47.8 Å². The quantitative estimate of drug-likeness (QED) is 0.684. The Kier molecular flexibility index (Phi) is 4.99. The number of nitrogens with zero attached hydrogens (tertiary/aromatic N) is 4. The van der Waals surface area contributed by atoms with Crippen LogP contribution in [0.5, 0.6) is 5.75 Å². The monoisotopic (exact) mass is 375 g/mol. The van der Waals surface area contributed by atoms with Crippen molar-refractivity contribution in [1.82, 2.24) is 19.6 Å². The molecule has 2 aromatic heterocycles. The van der Waals surface area contributed by atoms with Crippen LogP contribution in [0.3, 0.4) is 0 Å². The molecule has 0 amide bonds. The van der Waals surface area contributed by atoms with Crippen LogP contribution in [0.25, 0.3) is 0 Å². The Bertz CT molecular complexity index is 1010. The molecule has 138 valence electrons. The predicted octanol–water partition coefficient (Wildman–Crippen LogP) is 2.27. The Morgan fingerprint density at radius 2 is 2.04 bits per heavy atom. The highest BCUT2D eigenvalue weighted by Crippen LogP contribution is 2.19. The van der Waals surface area contributed by atoms with Crippen molar-refractivity contribution < 1.29 is 13.2 Å². The van der Waals surface area contributed by atoms with Gasteiger partial charge in [0.15, 0.2) is 0 Å². The van der Waals surface area contributed by atoms with Crippen LogP contribution < -0.4 is 9.46 Å². The van der Waals surface area contributed by atoms with Crippen LogP contribution in [0.2, 0.25) is 0 Å². The Morgan fingerprint density at radius 1 is 1.23 bits per heavy atom. The third kappa shape index (κ3) is 3.72. The van der Waals surface area contributed by atoms with Crippen molar-refractivity contribution in [3.05, 3.63) is 54.1 Å². The van der Waals surface area contributed by atoms with E-state index in [1.165, 1.54) is 12.4 Å². The summed E-state index contributed by atoms with van der Waals surface area (Å²) in [4.78, 5) is 0.167. The number of benzene rings is 1. The first-order chi connectivity index (χ1) is 12.4. The van der Waals surface area contributed by atoms with Gasteiger partial charge in [-0.2, -0.15) is 10.2 Å². The van der Waals surface area contributed by atoms with Crippen molar-refractivity contribution in [3.8, 4) is 5.75 Å². The van der Waals surface area contributed by atoms with E-state index in [9.17, 15) is 8.42 Å². The second-order valence-electron chi connectivity index (χ2n) is 5.79. The first-order valence-electron chi connectivity index (χ1n) is 8.13. The molecule has 0 unspecified atom stereocenters. The van der Waals surface area contributed by atoms with Crippen LogP contribution in [-0.2, 0) is 23.1 Å². The van der Waals surface area contributed by atoms with E-state index in [-0.39, 0.29) is 4.90 Å². The van der Waals surface area contributed by atoms with E-state index >= 15 is 0 Å². The van der Waals surface area contributed by atoms with Gasteiger partial charge in [0.2, 0.25) is 0 Å². The van der Waals surface area contributed by atoms with Gasteiger partial charge in [0.05, 0.1) is 37.4 Å². The fourth-order valence-corrected chi connectivity index (χ4v) is 3.89. The molecule has 3 rings (SSSR count). The van der Waals surface area contributed by atoms with Crippen molar-refractivity contribution in [2.75, 3.05) is 11.8 Å². The lowest BCUT2D eigenvalue weighted by molar-refractivity contribution is 0.414. The Balaban J connectivity index is 1.76. The number of hydrogen-bond acceptors (Lipinski definition) is 5. The summed E-state index contributed by atoms with van der Waals surface area (Å²) in [6.45, 7) is 4.76. The molecule has 26 heavy (non-hydrogen) atoms. The van der Waals surface area contributed by atoms with Gasteiger partial charge in [0.25, 0.3) is 10.0 Å².